The molecule has 0 bridgehead atoms. The number of likely N-dealkylation sites (N-methyl/N-ethyl adjacent to an activating group) is 1. The van der Waals surface area contributed by atoms with Crippen LogP contribution in [0.25, 0.3) is 0 Å². The lowest BCUT2D eigenvalue weighted by Crippen LogP contribution is -2.48. The Hall–Kier alpha value is -1.69. The van der Waals surface area contributed by atoms with Gasteiger partial charge in [-0.2, -0.15) is 0 Å². The summed E-state index contributed by atoms with van der Waals surface area (Å²) in [5.74, 6) is 0.905. The lowest BCUT2D eigenvalue weighted by Gasteiger charge is -2.43. The van der Waals surface area contributed by atoms with Crippen molar-refractivity contribution < 1.29 is 4.52 Å². The Morgan fingerprint density at radius 2 is 1.97 bits per heavy atom. The molecular formula is C25H36N4O. The molecule has 5 heteroatoms. The van der Waals surface area contributed by atoms with Crippen LogP contribution in [0.1, 0.15) is 54.7 Å². The Kier molecular flexibility index (Phi) is 5.69. The molecular weight excluding hydrogens is 372 g/mol. The predicted molar refractivity (Wildman–Crippen MR) is 120 cm³/mol. The van der Waals surface area contributed by atoms with Crippen LogP contribution in [0.3, 0.4) is 0 Å². The summed E-state index contributed by atoms with van der Waals surface area (Å²) >= 11 is 0. The van der Waals surface area contributed by atoms with Gasteiger partial charge in [-0.15, -0.1) is 0 Å². The highest BCUT2D eigenvalue weighted by atomic mass is 16.5. The highest BCUT2D eigenvalue weighted by Crippen LogP contribution is 2.43. The molecule has 162 valence electrons. The normalized spacial score (nSPS) is 30.5. The van der Waals surface area contributed by atoms with E-state index in [1.54, 1.807) is 11.1 Å². The van der Waals surface area contributed by atoms with Crippen molar-refractivity contribution >= 4 is 0 Å². The smallest absolute Gasteiger partial charge is 0.133 e. The van der Waals surface area contributed by atoms with Gasteiger partial charge >= 0.3 is 0 Å². The maximum Gasteiger partial charge on any atom is 0.133 e. The number of likely N-dealkylation sites (tertiary alicyclic amines) is 1. The second-order valence-corrected chi connectivity index (χ2v) is 10.0. The molecule has 1 atom stereocenters. The molecule has 3 heterocycles. The van der Waals surface area contributed by atoms with Crippen LogP contribution in [0.2, 0.25) is 0 Å². The van der Waals surface area contributed by atoms with Gasteiger partial charge in [0, 0.05) is 49.7 Å². The van der Waals surface area contributed by atoms with Gasteiger partial charge in [0.15, 0.2) is 0 Å². The second kappa shape index (κ2) is 8.45. The fourth-order valence-corrected chi connectivity index (χ4v) is 6.15. The number of aromatic nitrogens is 1. The molecule has 5 rings (SSSR count). The van der Waals surface area contributed by atoms with E-state index in [-0.39, 0.29) is 5.41 Å². The Bertz CT molecular complexity index is 854. The van der Waals surface area contributed by atoms with Crippen LogP contribution in [0.5, 0.6) is 0 Å². The minimum Gasteiger partial charge on any atom is -0.361 e. The van der Waals surface area contributed by atoms with Gasteiger partial charge in [0.2, 0.25) is 0 Å². The van der Waals surface area contributed by atoms with Crippen LogP contribution in [0.4, 0.5) is 0 Å². The molecule has 2 fully saturated rings. The molecule has 1 aliphatic carbocycles. The van der Waals surface area contributed by atoms with E-state index >= 15 is 0 Å². The molecule has 2 aliphatic heterocycles. The van der Waals surface area contributed by atoms with E-state index in [0.29, 0.717) is 12.1 Å². The first kappa shape index (κ1) is 20.2. The molecule has 1 aromatic heterocycles. The standard InChI is InChI=1S/C25H36N4O/c1-19-15-23(27-30-19)17-29-14-9-20-5-3-4-6-24(20)25(18-29)11-7-21(8-12-25)26-22-10-13-28(2)16-22/h3-6,15,21-22,26H,7-14,16-18H2,1-2H3. The van der Waals surface area contributed by atoms with Crippen molar-refractivity contribution in [3.05, 3.63) is 52.9 Å². The minimum atomic E-state index is 0.274. The fraction of sp³-hybridized carbons (Fsp3) is 0.640. The van der Waals surface area contributed by atoms with Crippen LogP contribution < -0.4 is 5.32 Å². The number of hydrogen-bond donors (Lipinski definition) is 1. The summed E-state index contributed by atoms with van der Waals surface area (Å²) in [6.07, 6.45) is 7.55. The van der Waals surface area contributed by atoms with Gasteiger partial charge in [0.25, 0.3) is 0 Å². The van der Waals surface area contributed by atoms with E-state index in [1.807, 2.05) is 6.92 Å². The van der Waals surface area contributed by atoms with Crippen molar-refractivity contribution in [3.63, 3.8) is 0 Å². The van der Waals surface area contributed by atoms with Crippen molar-refractivity contribution in [1.82, 2.24) is 20.3 Å². The zero-order valence-corrected chi connectivity index (χ0v) is 18.6. The Labute approximate surface area is 180 Å². The van der Waals surface area contributed by atoms with E-state index in [2.05, 4.69) is 57.7 Å². The quantitative estimate of drug-likeness (QED) is 0.839. The molecule has 2 aromatic rings. The van der Waals surface area contributed by atoms with Crippen molar-refractivity contribution in [1.29, 1.82) is 0 Å². The largest absolute Gasteiger partial charge is 0.361 e. The van der Waals surface area contributed by atoms with Crippen LogP contribution in [-0.2, 0) is 18.4 Å². The van der Waals surface area contributed by atoms with Crippen LogP contribution in [0, 0.1) is 6.92 Å². The van der Waals surface area contributed by atoms with Crippen molar-refractivity contribution in [3.8, 4) is 0 Å². The molecule has 5 nitrogen and oxygen atoms in total. The average molecular weight is 409 g/mol. The molecule has 1 spiro atoms. The number of nitrogens with one attached hydrogen (secondary N) is 1. The average Bonchev–Trinajstić information content (AvgIpc) is 3.31. The van der Waals surface area contributed by atoms with Gasteiger partial charge in [-0.1, -0.05) is 29.4 Å². The van der Waals surface area contributed by atoms with E-state index in [9.17, 15) is 0 Å². The van der Waals surface area contributed by atoms with Gasteiger partial charge in [0.05, 0.1) is 5.69 Å². The first-order valence-electron chi connectivity index (χ1n) is 11.8. The monoisotopic (exact) mass is 408 g/mol. The lowest BCUT2D eigenvalue weighted by molar-refractivity contribution is 0.153. The highest BCUT2D eigenvalue weighted by molar-refractivity contribution is 5.37. The predicted octanol–water partition coefficient (Wildman–Crippen LogP) is 3.52. The molecule has 1 unspecified atom stereocenters. The fourth-order valence-electron chi connectivity index (χ4n) is 6.15. The van der Waals surface area contributed by atoms with Crippen LogP contribution in [0.15, 0.2) is 34.9 Å². The van der Waals surface area contributed by atoms with Gasteiger partial charge in [0.1, 0.15) is 5.76 Å². The minimum absolute atomic E-state index is 0.274. The van der Waals surface area contributed by atoms with Crippen molar-refractivity contribution in [2.75, 3.05) is 33.2 Å². The Balaban J connectivity index is 1.32. The third kappa shape index (κ3) is 4.20. The summed E-state index contributed by atoms with van der Waals surface area (Å²) in [6.45, 7) is 7.54. The third-order valence-corrected chi connectivity index (χ3v) is 7.68. The molecule has 1 aromatic carbocycles. The van der Waals surface area contributed by atoms with Gasteiger partial charge < -0.3 is 14.7 Å². The third-order valence-electron chi connectivity index (χ3n) is 7.68. The maximum atomic E-state index is 5.33. The number of hydrogen-bond acceptors (Lipinski definition) is 5. The molecule has 1 saturated heterocycles. The van der Waals surface area contributed by atoms with Crippen LogP contribution in [-0.4, -0.2) is 60.3 Å². The topological polar surface area (TPSA) is 44.5 Å². The summed E-state index contributed by atoms with van der Waals surface area (Å²) < 4.78 is 5.33. The number of aryl methyl sites for hydroxylation is 1. The second-order valence-electron chi connectivity index (χ2n) is 10.0. The zero-order valence-electron chi connectivity index (χ0n) is 18.6. The van der Waals surface area contributed by atoms with E-state index in [1.165, 1.54) is 45.2 Å². The first-order valence-corrected chi connectivity index (χ1v) is 11.8. The van der Waals surface area contributed by atoms with Crippen LogP contribution >= 0.6 is 0 Å². The SMILES string of the molecule is Cc1cc(CN2CCc3ccccc3C3(CCC(NC4CCN(C)C4)CC3)C2)no1. The molecule has 30 heavy (non-hydrogen) atoms. The Morgan fingerprint density at radius 1 is 1.13 bits per heavy atom. The van der Waals surface area contributed by atoms with Crippen molar-refractivity contribution in [2.24, 2.45) is 0 Å². The number of fused-ring (bicyclic) bond motifs is 2. The van der Waals surface area contributed by atoms with Gasteiger partial charge in [-0.3, -0.25) is 4.90 Å². The molecule has 3 aliphatic rings. The first-order chi connectivity index (χ1) is 14.6. The van der Waals surface area contributed by atoms with Gasteiger partial charge in [-0.25, -0.2) is 0 Å². The summed E-state index contributed by atoms with van der Waals surface area (Å²) in [6, 6.07) is 12.7. The summed E-state index contributed by atoms with van der Waals surface area (Å²) in [5.41, 5.74) is 4.51. The number of rotatable bonds is 4. The lowest BCUT2D eigenvalue weighted by atomic mass is 9.67. The summed E-state index contributed by atoms with van der Waals surface area (Å²) in [5, 5.41) is 8.25. The maximum absolute atomic E-state index is 5.33. The van der Waals surface area contributed by atoms with E-state index in [4.69, 9.17) is 4.52 Å². The van der Waals surface area contributed by atoms with E-state index < -0.39 is 0 Å². The highest BCUT2D eigenvalue weighted by Gasteiger charge is 2.41. The number of nitrogens with zero attached hydrogens (tertiary/aromatic N) is 3. The van der Waals surface area contributed by atoms with Gasteiger partial charge in [-0.05, 0) is 70.2 Å². The van der Waals surface area contributed by atoms with Crippen molar-refractivity contribution in [2.45, 2.75) is 69.5 Å². The zero-order chi connectivity index (χ0) is 20.6. The van der Waals surface area contributed by atoms with E-state index in [0.717, 1.165) is 37.5 Å². The molecule has 1 saturated carbocycles. The summed E-state index contributed by atoms with van der Waals surface area (Å²) in [7, 11) is 2.24. The molecule has 1 N–H and O–H groups in total. The summed E-state index contributed by atoms with van der Waals surface area (Å²) in [4.78, 5) is 5.07. The molecule has 0 radical (unpaired) electrons. The number of benzene rings is 1. The Morgan fingerprint density at radius 3 is 2.70 bits per heavy atom. The molecule has 0 amide bonds.